The molecule has 1 N–H and O–H groups in total. The minimum absolute atomic E-state index is 0.401. The third-order valence-electron chi connectivity index (χ3n) is 3.42. The second-order valence-corrected chi connectivity index (χ2v) is 8.06. The molecule has 2 heterocycles. The van der Waals surface area contributed by atoms with Gasteiger partial charge in [-0.05, 0) is 24.1 Å². The van der Waals surface area contributed by atoms with E-state index < -0.39 is 10.0 Å². The van der Waals surface area contributed by atoms with E-state index in [-0.39, 0.29) is 0 Å². The Kier molecular flexibility index (Phi) is 5.03. The SMILES string of the molecule is CS(=O)(=O)NCCc1ccc(-c2csc(-c3ccccn3)n2)cc1. The number of thiazole rings is 1. The fraction of sp³-hybridized carbons (Fsp3) is 0.176. The number of aromatic nitrogens is 2. The molecule has 0 radical (unpaired) electrons. The number of rotatable bonds is 6. The van der Waals surface area contributed by atoms with Gasteiger partial charge >= 0.3 is 0 Å². The molecule has 0 atom stereocenters. The molecular formula is C17H17N3O2S2. The lowest BCUT2D eigenvalue weighted by Gasteiger charge is -2.04. The van der Waals surface area contributed by atoms with Crippen LogP contribution < -0.4 is 4.72 Å². The van der Waals surface area contributed by atoms with Crippen molar-refractivity contribution in [1.29, 1.82) is 0 Å². The van der Waals surface area contributed by atoms with Gasteiger partial charge in [-0.2, -0.15) is 0 Å². The Bertz CT molecular complexity index is 905. The van der Waals surface area contributed by atoms with E-state index in [1.165, 1.54) is 0 Å². The third kappa shape index (κ3) is 4.47. The molecule has 0 spiro atoms. The fourth-order valence-electron chi connectivity index (χ4n) is 2.24. The van der Waals surface area contributed by atoms with Crippen LogP contribution in [0.1, 0.15) is 5.56 Å². The highest BCUT2D eigenvalue weighted by atomic mass is 32.2. The molecule has 1 aromatic carbocycles. The zero-order chi connectivity index (χ0) is 17.0. The monoisotopic (exact) mass is 359 g/mol. The van der Waals surface area contributed by atoms with Gasteiger partial charge in [0.1, 0.15) is 5.01 Å². The summed E-state index contributed by atoms with van der Waals surface area (Å²) in [5, 5.41) is 2.91. The Morgan fingerprint density at radius 1 is 1.08 bits per heavy atom. The van der Waals surface area contributed by atoms with Crippen molar-refractivity contribution in [2.24, 2.45) is 0 Å². The molecule has 0 saturated heterocycles. The average Bonchev–Trinajstić information content (AvgIpc) is 3.05. The predicted molar refractivity (Wildman–Crippen MR) is 97.3 cm³/mol. The van der Waals surface area contributed by atoms with Crippen molar-refractivity contribution in [2.75, 3.05) is 12.8 Å². The Hall–Kier alpha value is -2.09. The highest BCUT2D eigenvalue weighted by Gasteiger charge is 2.07. The molecule has 0 fully saturated rings. The molecule has 124 valence electrons. The number of nitrogens with zero attached hydrogens (tertiary/aromatic N) is 2. The largest absolute Gasteiger partial charge is 0.254 e. The summed E-state index contributed by atoms with van der Waals surface area (Å²) in [5.74, 6) is 0. The number of pyridine rings is 1. The van der Waals surface area contributed by atoms with Gasteiger partial charge in [0.2, 0.25) is 10.0 Å². The van der Waals surface area contributed by atoms with Gasteiger partial charge in [-0.1, -0.05) is 30.3 Å². The standard InChI is InChI=1S/C17H17N3O2S2/c1-24(21,22)19-11-9-13-5-7-14(8-6-13)16-12-23-17(20-16)15-4-2-3-10-18-15/h2-8,10,12,19H,9,11H2,1H3. The van der Waals surface area contributed by atoms with Gasteiger partial charge in [0.15, 0.2) is 0 Å². The van der Waals surface area contributed by atoms with Gasteiger partial charge in [-0.15, -0.1) is 11.3 Å². The molecule has 3 rings (SSSR count). The van der Waals surface area contributed by atoms with E-state index in [4.69, 9.17) is 0 Å². The van der Waals surface area contributed by atoms with Gasteiger partial charge in [-0.25, -0.2) is 18.1 Å². The van der Waals surface area contributed by atoms with Crippen LogP contribution >= 0.6 is 11.3 Å². The van der Waals surface area contributed by atoms with Crippen molar-refractivity contribution in [3.05, 3.63) is 59.6 Å². The highest BCUT2D eigenvalue weighted by Crippen LogP contribution is 2.27. The summed E-state index contributed by atoms with van der Waals surface area (Å²) in [6.45, 7) is 0.401. The van der Waals surface area contributed by atoms with Crippen LogP contribution in [0.3, 0.4) is 0 Å². The Labute approximate surface area is 145 Å². The van der Waals surface area contributed by atoms with Crippen LogP contribution in [-0.2, 0) is 16.4 Å². The molecule has 0 amide bonds. The lowest BCUT2D eigenvalue weighted by atomic mass is 10.1. The van der Waals surface area contributed by atoms with Crippen molar-refractivity contribution in [1.82, 2.24) is 14.7 Å². The molecule has 0 aliphatic carbocycles. The molecule has 0 aliphatic heterocycles. The summed E-state index contributed by atoms with van der Waals surface area (Å²) in [6, 6.07) is 13.8. The van der Waals surface area contributed by atoms with Crippen molar-refractivity contribution < 1.29 is 8.42 Å². The number of benzene rings is 1. The van der Waals surface area contributed by atoms with E-state index in [2.05, 4.69) is 14.7 Å². The van der Waals surface area contributed by atoms with Crippen LogP contribution in [0.4, 0.5) is 0 Å². The molecule has 0 unspecified atom stereocenters. The summed E-state index contributed by atoms with van der Waals surface area (Å²) in [7, 11) is -3.13. The normalized spacial score (nSPS) is 11.5. The summed E-state index contributed by atoms with van der Waals surface area (Å²) >= 11 is 1.57. The molecule has 5 nitrogen and oxygen atoms in total. The average molecular weight is 359 g/mol. The first-order valence-electron chi connectivity index (χ1n) is 7.42. The summed E-state index contributed by atoms with van der Waals surface area (Å²) < 4.78 is 24.6. The number of hydrogen-bond acceptors (Lipinski definition) is 5. The molecule has 3 aromatic rings. The van der Waals surface area contributed by atoms with Crippen LogP contribution in [0, 0.1) is 0 Å². The summed E-state index contributed by atoms with van der Waals surface area (Å²) in [5.41, 5.74) is 3.90. The lowest BCUT2D eigenvalue weighted by molar-refractivity contribution is 0.588. The minimum Gasteiger partial charge on any atom is -0.254 e. The van der Waals surface area contributed by atoms with E-state index in [1.807, 2.05) is 47.8 Å². The van der Waals surface area contributed by atoms with Crippen LogP contribution in [0.25, 0.3) is 22.0 Å². The third-order valence-corrected chi connectivity index (χ3v) is 5.01. The second kappa shape index (κ2) is 7.21. The minimum atomic E-state index is -3.13. The molecule has 0 bridgehead atoms. The maximum atomic E-state index is 11.1. The molecule has 24 heavy (non-hydrogen) atoms. The van der Waals surface area contributed by atoms with E-state index in [9.17, 15) is 8.42 Å². The fourth-order valence-corrected chi connectivity index (χ4v) is 3.51. The van der Waals surface area contributed by atoms with Crippen LogP contribution in [0.15, 0.2) is 54.0 Å². The molecule has 7 heteroatoms. The van der Waals surface area contributed by atoms with Gasteiger partial charge in [0.05, 0.1) is 17.6 Å². The van der Waals surface area contributed by atoms with Crippen molar-refractivity contribution >= 4 is 21.4 Å². The van der Waals surface area contributed by atoms with Crippen molar-refractivity contribution in [3.63, 3.8) is 0 Å². The molecule has 2 aromatic heterocycles. The maximum absolute atomic E-state index is 11.1. The zero-order valence-corrected chi connectivity index (χ0v) is 14.8. The number of hydrogen-bond donors (Lipinski definition) is 1. The molecule has 0 saturated carbocycles. The number of nitrogens with one attached hydrogen (secondary N) is 1. The number of sulfonamides is 1. The van der Waals surface area contributed by atoms with Gasteiger partial charge < -0.3 is 0 Å². The summed E-state index contributed by atoms with van der Waals surface area (Å²) in [6.07, 6.45) is 3.58. The van der Waals surface area contributed by atoms with Crippen LogP contribution in [-0.4, -0.2) is 31.2 Å². The molecule has 0 aliphatic rings. The van der Waals surface area contributed by atoms with E-state index in [0.29, 0.717) is 13.0 Å². The van der Waals surface area contributed by atoms with Crippen LogP contribution in [0.5, 0.6) is 0 Å². The first kappa shape index (κ1) is 16.8. The first-order chi connectivity index (χ1) is 11.5. The highest BCUT2D eigenvalue weighted by molar-refractivity contribution is 7.88. The van der Waals surface area contributed by atoms with Crippen molar-refractivity contribution in [2.45, 2.75) is 6.42 Å². The maximum Gasteiger partial charge on any atom is 0.208 e. The van der Waals surface area contributed by atoms with E-state index in [1.54, 1.807) is 17.5 Å². The van der Waals surface area contributed by atoms with Crippen molar-refractivity contribution in [3.8, 4) is 22.0 Å². The summed E-state index contributed by atoms with van der Waals surface area (Å²) in [4.78, 5) is 8.95. The second-order valence-electron chi connectivity index (χ2n) is 5.37. The molecular weight excluding hydrogens is 342 g/mol. The Morgan fingerprint density at radius 3 is 2.54 bits per heavy atom. The smallest absolute Gasteiger partial charge is 0.208 e. The van der Waals surface area contributed by atoms with Gasteiger partial charge in [0.25, 0.3) is 0 Å². The quantitative estimate of drug-likeness (QED) is 0.734. The first-order valence-corrected chi connectivity index (χ1v) is 10.2. The van der Waals surface area contributed by atoms with Gasteiger partial charge in [-0.3, -0.25) is 4.98 Å². The Balaban J connectivity index is 1.69. The lowest BCUT2D eigenvalue weighted by Crippen LogP contribution is -2.24. The van der Waals surface area contributed by atoms with Gasteiger partial charge in [0, 0.05) is 23.7 Å². The van der Waals surface area contributed by atoms with E-state index >= 15 is 0 Å². The topological polar surface area (TPSA) is 72.0 Å². The van der Waals surface area contributed by atoms with Crippen LogP contribution in [0.2, 0.25) is 0 Å². The van der Waals surface area contributed by atoms with E-state index in [0.717, 1.165) is 33.8 Å². The predicted octanol–water partition coefficient (Wildman–Crippen LogP) is 2.96. The zero-order valence-electron chi connectivity index (χ0n) is 13.1. The Morgan fingerprint density at radius 2 is 1.88 bits per heavy atom.